The molecule has 0 bridgehead atoms. The average molecular weight is 404 g/mol. The van der Waals surface area contributed by atoms with E-state index in [-0.39, 0.29) is 29.8 Å². The molecule has 4 rings (SSSR count). The zero-order chi connectivity index (χ0) is 20.5. The van der Waals surface area contributed by atoms with Gasteiger partial charge < -0.3 is 14.6 Å². The van der Waals surface area contributed by atoms with Crippen molar-refractivity contribution in [1.29, 1.82) is 0 Å². The predicted octanol–water partition coefficient (Wildman–Crippen LogP) is 3.47. The Hall–Kier alpha value is -2.84. The Balaban J connectivity index is 1.57. The maximum absolute atomic E-state index is 13.1. The van der Waals surface area contributed by atoms with Gasteiger partial charge in [0.25, 0.3) is 11.8 Å². The molecule has 0 saturated heterocycles. The van der Waals surface area contributed by atoms with Crippen molar-refractivity contribution in [2.24, 2.45) is 0 Å². The molecule has 1 aromatic carbocycles. The van der Waals surface area contributed by atoms with Crippen LogP contribution in [0.1, 0.15) is 67.3 Å². The van der Waals surface area contributed by atoms with Gasteiger partial charge in [0.2, 0.25) is 11.8 Å². The molecule has 1 fully saturated rings. The van der Waals surface area contributed by atoms with Crippen LogP contribution >= 0.6 is 0 Å². The number of fused-ring (bicyclic) bond motifs is 1. The van der Waals surface area contributed by atoms with Crippen molar-refractivity contribution in [3.05, 3.63) is 35.2 Å². The number of nitrogens with zero attached hydrogens (tertiary/aromatic N) is 3. The first-order chi connectivity index (χ1) is 14.0. The lowest BCUT2D eigenvalue weighted by Crippen LogP contribution is -2.53. The molecule has 1 aliphatic heterocycles. The smallest absolute Gasteiger partial charge is 0.314 e. The van der Waals surface area contributed by atoms with E-state index in [0.717, 1.165) is 31.2 Å². The molecule has 2 heterocycles. The van der Waals surface area contributed by atoms with Crippen LogP contribution in [0, 0.1) is 0 Å². The Morgan fingerprint density at radius 2 is 2.10 bits per heavy atom. The van der Waals surface area contributed by atoms with Crippen molar-refractivity contribution in [3.8, 4) is 11.5 Å². The summed E-state index contributed by atoms with van der Waals surface area (Å²) < 4.78 is 30.4. The molecule has 1 aliphatic carbocycles. The molecule has 0 spiro atoms. The number of carbonyl (C=O) groups is 2. The van der Waals surface area contributed by atoms with Crippen LogP contribution in [0.3, 0.4) is 0 Å². The van der Waals surface area contributed by atoms with Crippen molar-refractivity contribution < 1.29 is 22.8 Å². The number of nitrogens with one attached hydrogen (secondary N) is 1. The third kappa shape index (κ3) is 3.73. The second-order valence-electron chi connectivity index (χ2n) is 7.43. The Bertz CT molecular complexity index is 930. The highest BCUT2D eigenvalue weighted by atomic mass is 19.3. The van der Waals surface area contributed by atoms with Crippen LogP contribution in [0.5, 0.6) is 0 Å². The quantitative estimate of drug-likeness (QED) is 0.824. The van der Waals surface area contributed by atoms with Crippen molar-refractivity contribution in [1.82, 2.24) is 20.4 Å². The third-order valence-corrected chi connectivity index (χ3v) is 5.61. The lowest BCUT2D eigenvalue weighted by Gasteiger charge is -2.38. The van der Waals surface area contributed by atoms with Crippen molar-refractivity contribution in [2.75, 3.05) is 0 Å². The summed E-state index contributed by atoms with van der Waals surface area (Å²) >= 11 is 0. The van der Waals surface area contributed by atoms with Crippen LogP contribution in [0.2, 0.25) is 0 Å². The fourth-order valence-corrected chi connectivity index (χ4v) is 4.13. The molecule has 1 N–H and O–H groups in total. The third-order valence-electron chi connectivity index (χ3n) is 5.61. The zero-order valence-electron chi connectivity index (χ0n) is 16.0. The van der Waals surface area contributed by atoms with E-state index in [1.54, 1.807) is 18.2 Å². The predicted molar refractivity (Wildman–Crippen MR) is 99.0 cm³/mol. The maximum Gasteiger partial charge on any atom is 0.314 e. The molecular weight excluding hydrogens is 382 g/mol. The van der Waals surface area contributed by atoms with Crippen LogP contribution in [-0.2, 0) is 11.3 Å². The van der Waals surface area contributed by atoms with Crippen LogP contribution in [0.15, 0.2) is 22.6 Å². The Kier molecular flexibility index (Phi) is 5.29. The molecular formula is C20H22F2N4O3. The molecule has 9 heteroatoms. The van der Waals surface area contributed by atoms with E-state index < -0.39 is 12.3 Å². The van der Waals surface area contributed by atoms with Gasteiger partial charge in [-0.1, -0.05) is 25.8 Å². The normalized spacial score (nSPS) is 21.5. The Morgan fingerprint density at radius 3 is 2.83 bits per heavy atom. The molecule has 0 radical (unpaired) electrons. The lowest BCUT2D eigenvalue weighted by molar-refractivity contribution is -0.122. The van der Waals surface area contributed by atoms with Gasteiger partial charge in [-0.25, -0.2) is 0 Å². The van der Waals surface area contributed by atoms with Gasteiger partial charge in [0, 0.05) is 30.1 Å². The minimum Gasteiger partial charge on any atom is -0.415 e. The number of rotatable bonds is 5. The van der Waals surface area contributed by atoms with Crippen LogP contribution in [0.25, 0.3) is 11.5 Å². The number of benzene rings is 1. The highest BCUT2D eigenvalue weighted by Crippen LogP contribution is 2.33. The second kappa shape index (κ2) is 7.88. The molecule has 0 unspecified atom stereocenters. The summed E-state index contributed by atoms with van der Waals surface area (Å²) in [6.45, 7) is 2.27. The standard InChI is InChI=1S/C20H22F2N4O3/c1-2-16(27)23-14-5-3-4-6-15(14)26-10-12-8-7-11(9-13(12)20(26)28)18-24-25-19(29-18)17(21)22/h7-9,14-15,17H,2-6,10H2,1H3,(H,23,27)/t14-,15-/m1/s1. The van der Waals surface area contributed by atoms with Gasteiger partial charge in [0.05, 0.1) is 6.04 Å². The number of hydrogen-bond acceptors (Lipinski definition) is 5. The van der Waals surface area contributed by atoms with Gasteiger partial charge in [-0.15, -0.1) is 10.2 Å². The van der Waals surface area contributed by atoms with Crippen molar-refractivity contribution in [2.45, 2.75) is 64.1 Å². The SMILES string of the molecule is CCC(=O)N[C@@H]1CCCC[C@H]1N1Cc2ccc(-c3nnc(C(F)F)o3)cc2C1=O. The second-order valence-corrected chi connectivity index (χ2v) is 7.43. The van der Waals surface area contributed by atoms with E-state index in [4.69, 9.17) is 4.42 Å². The van der Waals surface area contributed by atoms with E-state index in [1.165, 1.54) is 0 Å². The summed E-state index contributed by atoms with van der Waals surface area (Å²) in [6, 6.07) is 4.98. The van der Waals surface area contributed by atoms with Gasteiger partial charge in [-0.05, 0) is 30.5 Å². The number of alkyl halides is 2. The molecule has 154 valence electrons. The van der Waals surface area contributed by atoms with E-state index in [1.807, 2.05) is 11.8 Å². The van der Waals surface area contributed by atoms with Crippen LogP contribution in [-0.4, -0.2) is 39.0 Å². The summed E-state index contributed by atoms with van der Waals surface area (Å²) in [5, 5.41) is 10.0. The van der Waals surface area contributed by atoms with E-state index >= 15 is 0 Å². The average Bonchev–Trinajstić information content (AvgIpc) is 3.34. The number of amides is 2. The van der Waals surface area contributed by atoms with Gasteiger partial charge in [0.15, 0.2) is 0 Å². The van der Waals surface area contributed by atoms with Crippen LogP contribution in [0.4, 0.5) is 8.78 Å². The Labute approximate surface area is 166 Å². The first-order valence-electron chi connectivity index (χ1n) is 9.83. The molecule has 7 nitrogen and oxygen atoms in total. The summed E-state index contributed by atoms with van der Waals surface area (Å²) in [6.07, 6.45) is 1.28. The first kappa shape index (κ1) is 19.5. The topological polar surface area (TPSA) is 88.3 Å². The monoisotopic (exact) mass is 404 g/mol. The Morgan fingerprint density at radius 1 is 1.31 bits per heavy atom. The molecule has 29 heavy (non-hydrogen) atoms. The number of aromatic nitrogens is 2. The molecule has 2 amide bonds. The molecule has 2 aromatic rings. The van der Waals surface area contributed by atoms with Gasteiger partial charge in [-0.3, -0.25) is 9.59 Å². The number of carbonyl (C=O) groups excluding carboxylic acids is 2. The highest BCUT2D eigenvalue weighted by Gasteiger charge is 2.38. The number of halogens is 2. The summed E-state index contributed by atoms with van der Waals surface area (Å²) in [4.78, 5) is 26.8. The molecule has 1 saturated carbocycles. The zero-order valence-corrected chi connectivity index (χ0v) is 16.0. The largest absolute Gasteiger partial charge is 0.415 e. The summed E-state index contributed by atoms with van der Waals surface area (Å²) in [5.74, 6) is -0.928. The van der Waals surface area contributed by atoms with Crippen molar-refractivity contribution >= 4 is 11.8 Å². The fraction of sp³-hybridized carbons (Fsp3) is 0.500. The molecule has 1 aromatic heterocycles. The minimum absolute atomic E-state index is 0.0143. The van der Waals surface area contributed by atoms with E-state index in [9.17, 15) is 18.4 Å². The van der Waals surface area contributed by atoms with E-state index in [2.05, 4.69) is 15.5 Å². The van der Waals surface area contributed by atoms with Gasteiger partial charge in [0.1, 0.15) is 0 Å². The summed E-state index contributed by atoms with van der Waals surface area (Å²) in [7, 11) is 0. The maximum atomic E-state index is 13.1. The molecule has 2 atom stereocenters. The van der Waals surface area contributed by atoms with Gasteiger partial charge >= 0.3 is 6.43 Å². The van der Waals surface area contributed by atoms with Crippen LogP contribution < -0.4 is 5.32 Å². The van der Waals surface area contributed by atoms with Gasteiger partial charge in [-0.2, -0.15) is 8.78 Å². The fourth-order valence-electron chi connectivity index (χ4n) is 4.13. The number of hydrogen-bond donors (Lipinski definition) is 1. The first-order valence-corrected chi connectivity index (χ1v) is 9.83. The lowest BCUT2D eigenvalue weighted by atomic mass is 9.89. The van der Waals surface area contributed by atoms with Crippen molar-refractivity contribution in [3.63, 3.8) is 0 Å². The highest BCUT2D eigenvalue weighted by molar-refractivity contribution is 5.99. The van der Waals surface area contributed by atoms with E-state index in [0.29, 0.717) is 24.1 Å². The molecule has 2 aliphatic rings. The summed E-state index contributed by atoms with van der Waals surface area (Å²) in [5.41, 5.74) is 1.79. The minimum atomic E-state index is -2.84.